The molecule has 198 valence electrons. The highest BCUT2D eigenvalue weighted by atomic mass is 16.6. The van der Waals surface area contributed by atoms with E-state index < -0.39 is 17.9 Å². The van der Waals surface area contributed by atoms with Gasteiger partial charge in [-0.25, -0.2) is 14.4 Å². The molecule has 38 heavy (non-hydrogen) atoms. The van der Waals surface area contributed by atoms with E-state index in [1.165, 1.54) is 10.8 Å². The van der Waals surface area contributed by atoms with Crippen LogP contribution in [0.5, 0.6) is 0 Å². The first kappa shape index (κ1) is 27.6. The molecule has 1 heterocycles. The van der Waals surface area contributed by atoms with Gasteiger partial charge < -0.3 is 24.9 Å². The number of aliphatic imine (C=N–C) groups is 1. The van der Waals surface area contributed by atoms with Gasteiger partial charge in [0.2, 0.25) is 5.96 Å². The van der Waals surface area contributed by atoms with Crippen LogP contribution in [0.25, 0.3) is 0 Å². The number of aldehydes is 1. The molecule has 0 saturated carbocycles. The number of anilines is 1. The van der Waals surface area contributed by atoms with E-state index in [-0.39, 0.29) is 38.8 Å². The molecule has 2 aromatic carbocycles. The quantitative estimate of drug-likeness (QED) is 0.158. The normalized spacial score (nSPS) is 10.8. The number of carbonyl (C=O) groups is 3. The van der Waals surface area contributed by atoms with E-state index in [1.807, 2.05) is 36.4 Å². The molecule has 12 nitrogen and oxygen atoms in total. The summed E-state index contributed by atoms with van der Waals surface area (Å²) in [5, 5.41) is 8.22. The zero-order valence-electron chi connectivity index (χ0n) is 20.8. The smallest absolute Gasteiger partial charge is 0.437 e. The number of nitrogens with zero attached hydrogens (tertiary/aromatic N) is 3. The van der Waals surface area contributed by atoms with E-state index in [0.29, 0.717) is 17.7 Å². The Labute approximate surface area is 218 Å². The first-order valence-electron chi connectivity index (χ1n) is 11.7. The number of nitrogens with one attached hydrogen (secondary N) is 3. The summed E-state index contributed by atoms with van der Waals surface area (Å²) in [4.78, 5) is 55.0. The summed E-state index contributed by atoms with van der Waals surface area (Å²) in [5.41, 5.74) is 1.67. The minimum Gasteiger partial charge on any atom is -0.444 e. The molecule has 0 spiro atoms. The van der Waals surface area contributed by atoms with Crippen molar-refractivity contribution in [3.63, 3.8) is 0 Å². The van der Waals surface area contributed by atoms with Crippen molar-refractivity contribution in [2.24, 2.45) is 4.99 Å². The average molecular weight is 521 g/mol. The number of guanidine groups is 1. The molecule has 0 aliphatic heterocycles. The molecule has 0 radical (unpaired) electrons. The van der Waals surface area contributed by atoms with E-state index in [2.05, 4.69) is 25.9 Å². The fraction of sp³-hybridized carbons (Fsp3) is 0.231. The van der Waals surface area contributed by atoms with Crippen LogP contribution in [0.15, 0.2) is 76.6 Å². The van der Waals surface area contributed by atoms with Crippen LogP contribution in [0.4, 0.5) is 15.4 Å². The molecule has 0 unspecified atom stereocenters. The van der Waals surface area contributed by atoms with Crippen LogP contribution in [-0.4, -0.2) is 47.1 Å². The van der Waals surface area contributed by atoms with Crippen LogP contribution in [-0.2, 0) is 34.0 Å². The van der Waals surface area contributed by atoms with Gasteiger partial charge in [-0.1, -0.05) is 60.7 Å². The summed E-state index contributed by atoms with van der Waals surface area (Å²) in [6, 6.07) is 18.2. The highest BCUT2D eigenvalue weighted by molar-refractivity contribution is 5.98. The largest absolute Gasteiger partial charge is 0.444 e. The number of carbonyl (C=O) groups excluding carboxylic acids is 3. The number of amides is 2. The molecule has 0 atom stereocenters. The van der Waals surface area contributed by atoms with Gasteiger partial charge in [0.25, 0.3) is 0 Å². The predicted octanol–water partition coefficient (Wildman–Crippen LogP) is 2.37. The van der Waals surface area contributed by atoms with Crippen molar-refractivity contribution in [1.82, 2.24) is 20.2 Å². The summed E-state index contributed by atoms with van der Waals surface area (Å²) in [5.74, 6) is 0.170. The summed E-state index contributed by atoms with van der Waals surface area (Å²) < 4.78 is 11.6. The maximum atomic E-state index is 12.3. The predicted molar refractivity (Wildman–Crippen MR) is 140 cm³/mol. The fourth-order valence-electron chi connectivity index (χ4n) is 3.16. The maximum absolute atomic E-state index is 12.3. The monoisotopic (exact) mass is 520 g/mol. The summed E-state index contributed by atoms with van der Waals surface area (Å²) in [7, 11) is 0. The lowest BCUT2D eigenvalue weighted by molar-refractivity contribution is -0.108. The van der Waals surface area contributed by atoms with Gasteiger partial charge in [0.05, 0.1) is 6.54 Å². The number of ether oxygens (including phenoxy) is 2. The molecule has 3 rings (SSSR count). The first-order valence-corrected chi connectivity index (χ1v) is 11.7. The third kappa shape index (κ3) is 9.22. The van der Waals surface area contributed by atoms with E-state index in [9.17, 15) is 19.2 Å². The summed E-state index contributed by atoms with van der Waals surface area (Å²) in [6.07, 6.45) is 0.409. The second-order valence-electron chi connectivity index (χ2n) is 7.92. The molecule has 0 aliphatic rings. The number of hydrogen-bond acceptors (Lipinski definition) is 8. The molecule has 1 aromatic heterocycles. The lowest BCUT2D eigenvalue weighted by Gasteiger charge is -2.13. The van der Waals surface area contributed by atoms with Crippen molar-refractivity contribution in [1.29, 1.82) is 0 Å². The Hall–Kier alpha value is -5.00. The van der Waals surface area contributed by atoms with Gasteiger partial charge in [-0.15, -0.1) is 4.99 Å². The lowest BCUT2D eigenvalue weighted by atomic mass is 10.2. The lowest BCUT2D eigenvalue weighted by Crippen LogP contribution is -2.43. The Kier molecular flexibility index (Phi) is 10.5. The molecule has 0 bridgehead atoms. The highest BCUT2D eigenvalue weighted by Crippen LogP contribution is 2.06. The van der Waals surface area contributed by atoms with Crippen molar-refractivity contribution in [3.05, 3.63) is 94.0 Å². The molecule has 0 aliphatic carbocycles. The Balaban J connectivity index is 1.58. The van der Waals surface area contributed by atoms with E-state index in [4.69, 9.17) is 9.47 Å². The molecule has 2 amide bonds. The van der Waals surface area contributed by atoms with Crippen LogP contribution in [0.1, 0.15) is 16.7 Å². The number of alkyl carbamates (subject to hydrolysis) is 1. The Bertz CT molecular complexity index is 1310. The van der Waals surface area contributed by atoms with Gasteiger partial charge in [0.15, 0.2) is 0 Å². The molecule has 3 aromatic rings. The SMILES string of the molecule is Cc1cn(CC=O)c(=O)nc1NCCN/C(=N\C(=O)OCc1ccccc1)NC(=O)OCc1ccccc1. The first-order chi connectivity index (χ1) is 18.4. The minimum absolute atomic E-state index is 0.0110. The highest BCUT2D eigenvalue weighted by Gasteiger charge is 2.11. The fourth-order valence-corrected chi connectivity index (χ4v) is 3.16. The molecule has 0 fully saturated rings. The molecular formula is C26H28N6O6. The van der Waals surface area contributed by atoms with Gasteiger partial charge in [0, 0.05) is 24.8 Å². The van der Waals surface area contributed by atoms with E-state index >= 15 is 0 Å². The Morgan fingerprint density at radius 2 is 1.61 bits per heavy atom. The Morgan fingerprint density at radius 1 is 0.974 bits per heavy atom. The van der Waals surface area contributed by atoms with Crippen LogP contribution in [0, 0.1) is 6.92 Å². The van der Waals surface area contributed by atoms with Gasteiger partial charge in [-0.05, 0) is 18.1 Å². The van der Waals surface area contributed by atoms with Crippen molar-refractivity contribution >= 4 is 30.3 Å². The summed E-state index contributed by atoms with van der Waals surface area (Å²) in [6.45, 7) is 2.13. The standard InChI is InChI=1S/C26H28N6O6/c1-19-16-32(14-15-33)24(34)29-22(19)27-12-13-28-23(30-25(35)37-17-20-8-4-2-5-9-20)31-26(36)38-18-21-10-6-3-7-11-21/h2-11,15-16H,12-14,17-18H2,1H3,(H,27,29,34)(H2,28,30,31,35,36). The minimum atomic E-state index is -0.913. The zero-order chi connectivity index (χ0) is 27.2. The van der Waals surface area contributed by atoms with E-state index in [0.717, 1.165) is 11.1 Å². The third-order valence-corrected chi connectivity index (χ3v) is 5.00. The van der Waals surface area contributed by atoms with Crippen LogP contribution < -0.4 is 21.6 Å². The number of hydrogen-bond donors (Lipinski definition) is 3. The van der Waals surface area contributed by atoms with Crippen LogP contribution in [0.3, 0.4) is 0 Å². The van der Waals surface area contributed by atoms with Gasteiger partial charge in [0.1, 0.15) is 25.3 Å². The number of aryl methyl sites for hydroxylation is 1. The summed E-state index contributed by atoms with van der Waals surface area (Å²) >= 11 is 0. The van der Waals surface area contributed by atoms with Gasteiger partial charge in [-0.2, -0.15) is 4.98 Å². The number of rotatable bonds is 10. The second kappa shape index (κ2) is 14.5. The van der Waals surface area contributed by atoms with Gasteiger partial charge in [-0.3, -0.25) is 9.88 Å². The molecule has 12 heteroatoms. The Morgan fingerprint density at radius 3 is 2.24 bits per heavy atom. The maximum Gasteiger partial charge on any atom is 0.437 e. The van der Waals surface area contributed by atoms with Crippen molar-refractivity contribution < 1.29 is 23.9 Å². The van der Waals surface area contributed by atoms with Crippen LogP contribution in [0.2, 0.25) is 0 Å². The van der Waals surface area contributed by atoms with Crippen molar-refractivity contribution in [2.75, 3.05) is 18.4 Å². The van der Waals surface area contributed by atoms with Gasteiger partial charge >= 0.3 is 17.9 Å². The number of benzene rings is 2. The van der Waals surface area contributed by atoms with Crippen molar-refractivity contribution in [2.45, 2.75) is 26.7 Å². The topological polar surface area (TPSA) is 153 Å². The second-order valence-corrected chi connectivity index (χ2v) is 7.92. The third-order valence-electron chi connectivity index (χ3n) is 5.00. The van der Waals surface area contributed by atoms with Crippen molar-refractivity contribution in [3.8, 4) is 0 Å². The van der Waals surface area contributed by atoms with Crippen LogP contribution >= 0.6 is 0 Å². The zero-order valence-corrected chi connectivity index (χ0v) is 20.8. The number of aromatic nitrogens is 2. The van der Waals surface area contributed by atoms with E-state index in [1.54, 1.807) is 31.2 Å². The molecular weight excluding hydrogens is 492 g/mol. The average Bonchev–Trinajstić information content (AvgIpc) is 2.92. The molecule has 0 saturated heterocycles. The molecule has 3 N–H and O–H groups in total.